The van der Waals surface area contributed by atoms with Crippen molar-refractivity contribution < 1.29 is 4.74 Å². The van der Waals surface area contributed by atoms with Gasteiger partial charge in [0, 0.05) is 12.6 Å². The Bertz CT molecular complexity index is 164. The lowest BCUT2D eigenvalue weighted by molar-refractivity contribution is 0.0339. The molecule has 1 fully saturated rings. The van der Waals surface area contributed by atoms with E-state index < -0.39 is 0 Å². The molecule has 2 heteroatoms. The van der Waals surface area contributed by atoms with Crippen LogP contribution in [-0.2, 0) is 4.74 Å². The normalized spacial score (nSPS) is 20.2. The molecular weight excluding hydrogens is 198 g/mol. The standard InChI is InChI=1S/C14H29NO/c1-12(2)13(3)16-11-7-10-15-14-8-5-4-6-9-14/h12-15H,4-11H2,1-3H3. The third-order valence-electron chi connectivity index (χ3n) is 3.68. The molecule has 0 spiro atoms. The van der Waals surface area contributed by atoms with Crippen molar-refractivity contribution >= 4 is 0 Å². The summed E-state index contributed by atoms with van der Waals surface area (Å²) < 4.78 is 5.75. The van der Waals surface area contributed by atoms with Crippen molar-refractivity contribution in [2.45, 2.75) is 71.4 Å². The molecule has 96 valence electrons. The molecule has 0 aromatic rings. The lowest BCUT2D eigenvalue weighted by Gasteiger charge is -2.23. The smallest absolute Gasteiger partial charge is 0.0569 e. The average Bonchev–Trinajstić information content (AvgIpc) is 2.29. The minimum atomic E-state index is 0.398. The number of hydrogen-bond donors (Lipinski definition) is 1. The number of nitrogens with one attached hydrogen (secondary N) is 1. The fourth-order valence-electron chi connectivity index (χ4n) is 2.15. The molecular formula is C14H29NO. The van der Waals surface area contributed by atoms with E-state index in [0.717, 1.165) is 25.6 Å². The predicted octanol–water partition coefficient (Wildman–Crippen LogP) is 3.36. The molecule has 1 atom stereocenters. The summed E-state index contributed by atoms with van der Waals surface area (Å²) in [4.78, 5) is 0. The van der Waals surface area contributed by atoms with Crippen LogP contribution in [-0.4, -0.2) is 25.3 Å². The van der Waals surface area contributed by atoms with Crippen LogP contribution < -0.4 is 5.32 Å². The van der Waals surface area contributed by atoms with Gasteiger partial charge in [-0.15, -0.1) is 0 Å². The van der Waals surface area contributed by atoms with Crippen LogP contribution in [0.3, 0.4) is 0 Å². The van der Waals surface area contributed by atoms with Gasteiger partial charge < -0.3 is 10.1 Å². The van der Waals surface area contributed by atoms with Crippen LogP contribution in [0, 0.1) is 5.92 Å². The van der Waals surface area contributed by atoms with E-state index in [0.29, 0.717) is 12.0 Å². The molecule has 1 rings (SSSR count). The fraction of sp³-hybridized carbons (Fsp3) is 1.00. The average molecular weight is 227 g/mol. The van der Waals surface area contributed by atoms with Gasteiger partial charge in [-0.05, 0) is 38.6 Å². The van der Waals surface area contributed by atoms with Crippen molar-refractivity contribution in [1.29, 1.82) is 0 Å². The molecule has 1 aliphatic rings. The number of rotatable bonds is 7. The van der Waals surface area contributed by atoms with Crippen molar-refractivity contribution in [2.75, 3.05) is 13.2 Å². The Morgan fingerprint density at radius 1 is 1.12 bits per heavy atom. The fourth-order valence-corrected chi connectivity index (χ4v) is 2.15. The molecule has 1 N–H and O–H groups in total. The summed E-state index contributed by atoms with van der Waals surface area (Å²) in [5.41, 5.74) is 0. The largest absolute Gasteiger partial charge is 0.378 e. The second-order valence-electron chi connectivity index (χ2n) is 5.46. The topological polar surface area (TPSA) is 21.3 Å². The van der Waals surface area contributed by atoms with Gasteiger partial charge in [0.1, 0.15) is 0 Å². The van der Waals surface area contributed by atoms with Crippen molar-refractivity contribution in [1.82, 2.24) is 5.32 Å². The zero-order valence-electron chi connectivity index (χ0n) is 11.3. The van der Waals surface area contributed by atoms with Crippen molar-refractivity contribution in [3.63, 3.8) is 0 Å². The summed E-state index contributed by atoms with van der Waals surface area (Å²) in [7, 11) is 0. The van der Waals surface area contributed by atoms with Gasteiger partial charge in [-0.1, -0.05) is 33.1 Å². The Hall–Kier alpha value is -0.0800. The molecule has 1 unspecified atom stereocenters. The van der Waals surface area contributed by atoms with E-state index in [1.807, 2.05) is 0 Å². The zero-order chi connectivity index (χ0) is 11.8. The summed E-state index contributed by atoms with van der Waals surface area (Å²) >= 11 is 0. The molecule has 0 bridgehead atoms. The molecule has 0 aliphatic heterocycles. The highest BCUT2D eigenvalue weighted by molar-refractivity contribution is 4.71. The maximum Gasteiger partial charge on any atom is 0.0569 e. The first-order valence-corrected chi connectivity index (χ1v) is 7.05. The van der Waals surface area contributed by atoms with Crippen LogP contribution in [0.2, 0.25) is 0 Å². The van der Waals surface area contributed by atoms with Crippen LogP contribution in [0.1, 0.15) is 59.3 Å². The predicted molar refractivity (Wildman–Crippen MR) is 69.7 cm³/mol. The van der Waals surface area contributed by atoms with Gasteiger partial charge in [0.2, 0.25) is 0 Å². The van der Waals surface area contributed by atoms with Crippen LogP contribution in [0.4, 0.5) is 0 Å². The maximum absolute atomic E-state index is 5.75. The lowest BCUT2D eigenvalue weighted by atomic mass is 9.95. The summed E-state index contributed by atoms with van der Waals surface area (Å²) in [6, 6.07) is 0.788. The van der Waals surface area contributed by atoms with Gasteiger partial charge in [0.25, 0.3) is 0 Å². The lowest BCUT2D eigenvalue weighted by Crippen LogP contribution is -2.32. The molecule has 2 nitrogen and oxygen atoms in total. The first-order valence-electron chi connectivity index (χ1n) is 7.05. The highest BCUT2D eigenvalue weighted by Crippen LogP contribution is 2.17. The van der Waals surface area contributed by atoms with Gasteiger partial charge in [0.15, 0.2) is 0 Å². The Balaban J connectivity index is 1.91. The van der Waals surface area contributed by atoms with Gasteiger partial charge in [-0.3, -0.25) is 0 Å². The van der Waals surface area contributed by atoms with E-state index in [2.05, 4.69) is 26.1 Å². The van der Waals surface area contributed by atoms with Gasteiger partial charge in [0.05, 0.1) is 6.10 Å². The van der Waals surface area contributed by atoms with E-state index >= 15 is 0 Å². The van der Waals surface area contributed by atoms with Gasteiger partial charge in [-0.25, -0.2) is 0 Å². The molecule has 0 amide bonds. The van der Waals surface area contributed by atoms with Crippen LogP contribution >= 0.6 is 0 Å². The summed E-state index contributed by atoms with van der Waals surface area (Å²) in [6.07, 6.45) is 8.57. The van der Waals surface area contributed by atoms with Crippen LogP contribution in [0.25, 0.3) is 0 Å². The van der Waals surface area contributed by atoms with E-state index in [4.69, 9.17) is 4.74 Å². The quantitative estimate of drug-likeness (QED) is 0.673. The first kappa shape index (κ1) is 14.0. The summed E-state index contributed by atoms with van der Waals surface area (Å²) in [5, 5.41) is 3.64. The second-order valence-corrected chi connectivity index (χ2v) is 5.46. The van der Waals surface area contributed by atoms with Gasteiger partial charge in [-0.2, -0.15) is 0 Å². The number of ether oxygens (including phenoxy) is 1. The monoisotopic (exact) mass is 227 g/mol. The molecule has 0 heterocycles. The Labute approximate surface area is 101 Å². The summed E-state index contributed by atoms with van der Waals surface area (Å²) in [5.74, 6) is 0.631. The Morgan fingerprint density at radius 3 is 2.44 bits per heavy atom. The molecule has 1 saturated carbocycles. The molecule has 0 radical (unpaired) electrons. The third-order valence-corrected chi connectivity index (χ3v) is 3.68. The second kappa shape index (κ2) is 8.08. The zero-order valence-corrected chi connectivity index (χ0v) is 11.3. The SMILES string of the molecule is CC(C)C(C)OCCCNC1CCCCC1. The molecule has 0 saturated heterocycles. The maximum atomic E-state index is 5.75. The third kappa shape index (κ3) is 5.86. The van der Waals surface area contributed by atoms with E-state index in [-0.39, 0.29) is 0 Å². The highest BCUT2D eigenvalue weighted by Gasteiger charge is 2.12. The molecule has 0 aromatic heterocycles. The minimum Gasteiger partial charge on any atom is -0.378 e. The minimum absolute atomic E-state index is 0.398. The van der Waals surface area contributed by atoms with Crippen molar-refractivity contribution in [3.05, 3.63) is 0 Å². The van der Waals surface area contributed by atoms with Crippen molar-refractivity contribution in [3.8, 4) is 0 Å². The van der Waals surface area contributed by atoms with Gasteiger partial charge >= 0.3 is 0 Å². The van der Waals surface area contributed by atoms with E-state index in [1.54, 1.807) is 0 Å². The molecule has 16 heavy (non-hydrogen) atoms. The first-order chi connectivity index (χ1) is 7.70. The Morgan fingerprint density at radius 2 is 1.81 bits per heavy atom. The number of hydrogen-bond acceptors (Lipinski definition) is 2. The molecule has 0 aromatic carbocycles. The highest BCUT2D eigenvalue weighted by atomic mass is 16.5. The van der Waals surface area contributed by atoms with Crippen LogP contribution in [0.15, 0.2) is 0 Å². The summed E-state index contributed by atoms with van der Waals surface area (Å²) in [6.45, 7) is 8.61. The van der Waals surface area contributed by atoms with Crippen molar-refractivity contribution in [2.24, 2.45) is 5.92 Å². The van der Waals surface area contributed by atoms with E-state index in [1.165, 1.54) is 32.1 Å². The van der Waals surface area contributed by atoms with E-state index in [9.17, 15) is 0 Å². The Kier molecular flexibility index (Phi) is 7.06. The van der Waals surface area contributed by atoms with Crippen LogP contribution in [0.5, 0.6) is 0 Å². The molecule has 1 aliphatic carbocycles.